The number of carbonyl (C=O) groups excluding carboxylic acids is 2. The van der Waals surface area contributed by atoms with Crippen molar-refractivity contribution in [2.45, 2.75) is 52.7 Å². The topological polar surface area (TPSA) is 88.7 Å². The van der Waals surface area contributed by atoms with Crippen LogP contribution in [-0.4, -0.2) is 48.6 Å². The number of rotatable bonds is 4. The van der Waals surface area contributed by atoms with E-state index in [9.17, 15) is 14.0 Å². The first-order valence-corrected chi connectivity index (χ1v) is 14.4. The average molecular weight is 596 g/mol. The SMILES string of the molecule is C=Cc1cc(-n2nc3c(c2N2C=CN(c4ccc5c(cnn5C)c4)C2=C=O)[C@H](C)N(C(=O)OC(C)(C)C)CC3)cc(C)c1F. The Hall–Kier alpha value is -5.15. The highest BCUT2D eigenvalue weighted by Gasteiger charge is 2.39. The molecule has 11 heteroatoms. The van der Waals surface area contributed by atoms with Crippen LogP contribution in [0.25, 0.3) is 22.7 Å². The van der Waals surface area contributed by atoms with Crippen LogP contribution in [-0.2, 0) is 23.0 Å². The molecule has 0 spiro atoms. The van der Waals surface area contributed by atoms with Gasteiger partial charge in [-0.3, -0.25) is 14.5 Å². The molecule has 2 aliphatic rings. The van der Waals surface area contributed by atoms with E-state index in [1.54, 1.807) is 61.7 Å². The lowest BCUT2D eigenvalue weighted by atomic mass is 9.99. The van der Waals surface area contributed by atoms with Crippen LogP contribution in [0.4, 0.5) is 20.7 Å². The van der Waals surface area contributed by atoms with E-state index in [2.05, 4.69) is 17.6 Å². The summed E-state index contributed by atoms with van der Waals surface area (Å²) in [5.41, 5.74) is 3.91. The number of benzene rings is 2. The minimum absolute atomic E-state index is 0.210. The molecule has 1 atom stereocenters. The summed E-state index contributed by atoms with van der Waals surface area (Å²) >= 11 is 0. The lowest BCUT2D eigenvalue weighted by molar-refractivity contribution is 0.0160. The molecule has 44 heavy (non-hydrogen) atoms. The van der Waals surface area contributed by atoms with Gasteiger partial charge in [-0.1, -0.05) is 12.7 Å². The van der Waals surface area contributed by atoms with Crippen LogP contribution in [0.15, 0.2) is 61.3 Å². The molecule has 10 nitrogen and oxygen atoms in total. The van der Waals surface area contributed by atoms with Crippen molar-refractivity contribution in [2.75, 3.05) is 16.3 Å². The van der Waals surface area contributed by atoms with Crippen molar-refractivity contribution in [3.05, 3.63) is 89.5 Å². The van der Waals surface area contributed by atoms with Crippen molar-refractivity contribution >= 4 is 40.5 Å². The number of hydrogen-bond donors (Lipinski definition) is 0. The van der Waals surface area contributed by atoms with Crippen molar-refractivity contribution in [3.63, 3.8) is 0 Å². The van der Waals surface area contributed by atoms with Gasteiger partial charge in [0.25, 0.3) is 0 Å². The molecule has 0 saturated heterocycles. The predicted octanol–water partition coefficient (Wildman–Crippen LogP) is 6.17. The van der Waals surface area contributed by atoms with Crippen molar-refractivity contribution < 1.29 is 18.7 Å². The molecule has 0 N–H and O–H groups in total. The third-order valence-electron chi connectivity index (χ3n) is 7.96. The van der Waals surface area contributed by atoms with E-state index in [1.165, 1.54) is 6.08 Å². The zero-order valence-corrected chi connectivity index (χ0v) is 25.6. The summed E-state index contributed by atoms with van der Waals surface area (Å²) in [4.78, 5) is 31.1. The van der Waals surface area contributed by atoms with Gasteiger partial charge in [-0.05, 0) is 70.5 Å². The predicted molar refractivity (Wildman–Crippen MR) is 167 cm³/mol. The van der Waals surface area contributed by atoms with Gasteiger partial charge in [-0.15, -0.1) is 0 Å². The van der Waals surface area contributed by atoms with Crippen LogP contribution in [0, 0.1) is 12.7 Å². The van der Waals surface area contributed by atoms with Crippen LogP contribution >= 0.6 is 0 Å². The third kappa shape index (κ3) is 4.75. The molecule has 0 bridgehead atoms. The zero-order chi connectivity index (χ0) is 31.5. The standard InChI is InChI=1S/C33H34FN7O3/c1-8-22-16-25(15-20(2)30(22)34)41-31(29-21(3)38(12-11-26(29)36-41)32(43)44-33(4,5)6)40-14-13-39(28(40)19-42)24-9-10-27-23(17-24)18-35-37(27)7/h8-10,13-18,21H,1,11-12H2,2-7H3/t21-/m0/s1. The fourth-order valence-corrected chi connectivity index (χ4v) is 5.85. The molecule has 4 aromatic rings. The number of fused-ring (bicyclic) bond motifs is 2. The number of ether oxygens (including phenoxy) is 1. The maximum atomic E-state index is 14.9. The number of carbonyl (C=O) groups is 1. The molecule has 0 aliphatic carbocycles. The van der Waals surface area contributed by atoms with Crippen LogP contribution in [0.3, 0.4) is 0 Å². The van der Waals surface area contributed by atoms with E-state index in [0.717, 1.165) is 27.8 Å². The van der Waals surface area contributed by atoms with Crippen LogP contribution in [0.5, 0.6) is 0 Å². The molecule has 4 heterocycles. The molecule has 226 valence electrons. The van der Waals surface area contributed by atoms with Crippen molar-refractivity contribution in [1.82, 2.24) is 24.5 Å². The van der Waals surface area contributed by atoms with Crippen LogP contribution < -0.4 is 9.80 Å². The largest absolute Gasteiger partial charge is 0.444 e. The third-order valence-corrected chi connectivity index (χ3v) is 7.96. The van der Waals surface area contributed by atoms with E-state index in [1.807, 2.05) is 52.9 Å². The summed E-state index contributed by atoms with van der Waals surface area (Å²) < 4.78 is 24.1. The van der Waals surface area contributed by atoms with Gasteiger partial charge in [0.15, 0.2) is 5.94 Å². The minimum atomic E-state index is -0.669. The van der Waals surface area contributed by atoms with Gasteiger partial charge in [0.2, 0.25) is 5.82 Å². The Kier molecular flexibility index (Phi) is 6.93. The number of aryl methyl sites for hydroxylation is 2. The number of hydrogen-bond acceptors (Lipinski definition) is 7. The molecule has 0 unspecified atom stereocenters. The van der Waals surface area contributed by atoms with E-state index in [4.69, 9.17) is 9.84 Å². The summed E-state index contributed by atoms with van der Waals surface area (Å²) in [5.74, 6) is 2.52. The van der Waals surface area contributed by atoms with E-state index in [0.29, 0.717) is 35.6 Å². The second kappa shape index (κ2) is 10.5. The summed E-state index contributed by atoms with van der Waals surface area (Å²) in [7, 11) is 1.87. The molecule has 1 amide bonds. The highest BCUT2D eigenvalue weighted by Crippen LogP contribution is 2.43. The Morgan fingerprint density at radius 2 is 1.91 bits per heavy atom. The van der Waals surface area contributed by atoms with Gasteiger partial charge in [0, 0.05) is 54.6 Å². The van der Waals surface area contributed by atoms with Crippen molar-refractivity contribution in [3.8, 4) is 5.69 Å². The minimum Gasteiger partial charge on any atom is -0.444 e. The summed E-state index contributed by atoms with van der Waals surface area (Å²) in [6.45, 7) is 13.3. The summed E-state index contributed by atoms with van der Waals surface area (Å²) in [6.07, 6.45) is 6.82. The molecular weight excluding hydrogens is 561 g/mol. The molecule has 6 rings (SSSR count). The van der Waals surface area contributed by atoms with E-state index >= 15 is 0 Å². The maximum Gasteiger partial charge on any atom is 0.410 e. The molecule has 2 aromatic carbocycles. The Labute approximate surface area is 254 Å². The second-order valence-electron chi connectivity index (χ2n) is 12.0. The van der Waals surface area contributed by atoms with Crippen LogP contribution in [0.1, 0.15) is 56.1 Å². The van der Waals surface area contributed by atoms with Gasteiger partial charge in [0.1, 0.15) is 17.2 Å². The quantitative estimate of drug-likeness (QED) is 0.261. The molecule has 0 fully saturated rings. The van der Waals surface area contributed by atoms with E-state index in [-0.39, 0.29) is 11.6 Å². The summed E-state index contributed by atoms with van der Waals surface area (Å²) in [5, 5.41) is 10.2. The smallest absolute Gasteiger partial charge is 0.410 e. The van der Waals surface area contributed by atoms with Crippen molar-refractivity contribution in [1.29, 1.82) is 0 Å². The molecule has 2 aliphatic heterocycles. The number of halogens is 1. The lowest BCUT2D eigenvalue weighted by Gasteiger charge is -2.35. The lowest BCUT2D eigenvalue weighted by Crippen LogP contribution is -2.42. The normalized spacial score (nSPS) is 16.5. The fraction of sp³-hybridized carbons (Fsp3) is 0.303. The number of aromatic nitrogens is 4. The highest BCUT2D eigenvalue weighted by atomic mass is 19.1. The van der Waals surface area contributed by atoms with Gasteiger partial charge < -0.3 is 9.64 Å². The van der Waals surface area contributed by atoms with Gasteiger partial charge in [0.05, 0.1) is 29.1 Å². The Balaban J connectivity index is 1.50. The number of amides is 1. The maximum absolute atomic E-state index is 14.9. The Bertz CT molecular complexity index is 1910. The Morgan fingerprint density at radius 1 is 1.16 bits per heavy atom. The fourth-order valence-electron chi connectivity index (χ4n) is 5.85. The van der Waals surface area contributed by atoms with Crippen molar-refractivity contribution in [2.24, 2.45) is 7.05 Å². The van der Waals surface area contributed by atoms with Gasteiger partial charge >= 0.3 is 6.09 Å². The average Bonchev–Trinajstić information content (AvgIpc) is 3.68. The molecule has 0 saturated carbocycles. The second-order valence-corrected chi connectivity index (χ2v) is 12.0. The summed E-state index contributed by atoms with van der Waals surface area (Å²) in [6, 6.07) is 8.74. The van der Waals surface area contributed by atoms with Crippen LogP contribution in [0.2, 0.25) is 0 Å². The molecular formula is C33H34FN7O3. The van der Waals surface area contributed by atoms with Gasteiger partial charge in [-0.25, -0.2) is 18.7 Å². The zero-order valence-electron chi connectivity index (χ0n) is 25.6. The first-order valence-electron chi connectivity index (χ1n) is 14.4. The van der Waals surface area contributed by atoms with Gasteiger partial charge in [-0.2, -0.15) is 10.2 Å². The molecule has 0 radical (unpaired) electrons. The monoisotopic (exact) mass is 595 g/mol. The number of nitrogens with zero attached hydrogens (tertiary/aromatic N) is 7. The molecule has 2 aromatic heterocycles. The Morgan fingerprint density at radius 3 is 2.61 bits per heavy atom. The number of anilines is 2. The first-order chi connectivity index (χ1) is 20.9. The highest BCUT2D eigenvalue weighted by molar-refractivity contribution is 5.86. The first kappa shape index (κ1) is 28.9. The van der Waals surface area contributed by atoms with E-state index < -0.39 is 17.7 Å².